The van der Waals surface area contributed by atoms with E-state index in [2.05, 4.69) is 65.8 Å². The molecule has 0 unspecified atom stereocenters. The van der Waals surface area contributed by atoms with Gasteiger partial charge in [-0.15, -0.1) is 0 Å². The lowest BCUT2D eigenvalue weighted by atomic mass is 9.97. The monoisotopic (exact) mass is 758 g/mol. The summed E-state index contributed by atoms with van der Waals surface area (Å²) in [6.07, 6.45) is 15.5. The van der Waals surface area contributed by atoms with Gasteiger partial charge in [0.1, 0.15) is 6.54 Å². The minimum atomic E-state index is -0.528. The number of urea groups is 1. The highest BCUT2D eigenvalue weighted by atomic mass is 16.7. The van der Waals surface area contributed by atoms with Crippen LogP contribution in [-0.4, -0.2) is 60.9 Å². The first-order valence-electron chi connectivity index (χ1n) is 21.0. The maximum absolute atomic E-state index is 12.4. The molecule has 3 aromatic carbocycles. The van der Waals surface area contributed by atoms with Crippen LogP contribution >= 0.6 is 0 Å². The molecule has 0 saturated carbocycles. The van der Waals surface area contributed by atoms with Crippen LogP contribution in [0.1, 0.15) is 139 Å². The van der Waals surface area contributed by atoms with Crippen molar-refractivity contribution >= 4 is 12.0 Å². The van der Waals surface area contributed by atoms with Crippen molar-refractivity contribution < 1.29 is 28.9 Å². The van der Waals surface area contributed by atoms with Crippen molar-refractivity contribution in [3.05, 3.63) is 95.1 Å². The molecular weight excluding hydrogens is 691 g/mol. The van der Waals surface area contributed by atoms with Crippen LogP contribution in [0.2, 0.25) is 0 Å². The van der Waals surface area contributed by atoms with E-state index in [4.69, 9.17) is 14.2 Å². The minimum absolute atomic E-state index is 0.00269. The molecule has 0 aromatic heterocycles. The van der Waals surface area contributed by atoms with Gasteiger partial charge in [0.15, 0.2) is 6.29 Å². The Hall–Kier alpha value is -3.76. The van der Waals surface area contributed by atoms with E-state index >= 15 is 0 Å². The van der Waals surface area contributed by atoms with Crippen LogP contribution in [0.25, 0.3) is 11.1 Å². The van der Waals surface area contributed by atoms with E-state index in [1.807, 2.05) is 36.4 Å². The van der Waals surface area contributed by atoms with Crippen molar-refractivity contribution in [2.45, 2.75) is 136 Å². The zero-order valence-electron chi connectivity index (χ0n) is 33.7. The number of esters is 1. The minimum Gasteiger partial charge on any atom is -0.465 e. The third kappa shape index (κ3) is 15.7. The van der Waals surface area contributed by atoms with Crippen molar-refractivity contribution in [3.8, 4) is 11.1 Å². The van der Waals surface area contributed by atoms with E-state index in [1.54, 1.807) is 6.92 Å². The molecule has 302 valence electrons. The SMILES string of the molecule is CCCCCCCCN(CCCCCCCC)C[C@H]1C[C@@H](c2ccc(CO)cc2)O[C@@H](c2ccc(-c3ccccc3CNC(=O)NCC(=O)OCC)cc2)O1. The first kappa shape index (κ1) is 44.0. The van der Waals surface area contributed by atoms with Crippen molar-refractivity contribution in [3.63, 3.8) is 0 Å². The van der Waals surface area contributed by atoms with Gasteiger partial charge in [0.25, 0.3) is 0 Å². The van der Waals surface area contributed by atoms with E-state index in [9.17, 15) is 14.7 Å². The van der Waals surface area contributed by atoms with Gasteiger partial charge in [0.2, 0.25) is 0 Å². The number of ether oxygens (including phenoxy) is 3. The Balaban J connectivity index is 1.47. The number of carbonyl (C=O) groups is 2. The zero-order valence-corrected chi connectivity index (χ0v) is 33.7. The number of nitrogens with zero attached hydrogens (tertiary/aromatic N) is 1. The molecule has 0 bridgehead atoms. The molecule has 0 spiro atoms. The molecule has 0 radical (unpaired) electrons. The van der Waals surface area contributed by atoms with Gasteiger partial charge in [0.05, 0.1) is 25.4 Å². The summed E-state index contributed by atoms with van der Waals surface area (Å²) >= 11 is 0. The standard InChI is InChI=1S/C46H67N3O6/c1-4-7-9-11-13-17-29-49(30-18-14-12-10-8-5-2)34-41-31-43(38-23-21-36(35-50)22-24-38)55-45(54-41)39-27-25-37(26-28-39)42-20-16-15-19-40(42)32-47-46(52)48-33-44(51)53-6-3/h15-16,19-28,41,43,45,50H,4-14,17-18,29-35H2,1-3H3,(H2,47,48,52)/t41-,43+,45+/m1/s1. The molecule has 3 N–H and O–H groups in total. The normalized spacial score (nSPS) is 16.9. The molecule has 1 fully saturated rings. The number of benzene rings is 3. The summed E-state index contributed by atoms with van der Waals surface area (Å²) in [5, 5.41) is 15.1. The van der Waals surface area contributed by atoms with Gasteiger partial charge in [-0.05, 0) is 60.7 Å². The topological polar surface area (TPSA) is 109 Å². The summed E-state index contributed by atoms with van der Waals surface area (Å²) in [5.41, 5.74) is 5.91. The molecule has 1 heterocycles. The van der Waals surface area contributed by atoms with Crippen LogP contribution in [0.15, 0.2) is 72.8 Å². The summed E-state index contributed by atoms with van der Waals surface area (Å²) in [7, 11) is 0. The van der Waals surface area contributed by atoms with Crippen LogP contribution in [0.5, 0.6) is 0 Å². The molecular formula is C46H67N3O6. The highest BCUT2D eigenvalue weighted by Gasteiger charge is 2.33. The van der Waals surface area contributed by atoms with Crippen LogP contribution in [-0.2, 0) is 32.2 Å². The second-order valence-electron chi connectivity index (χ2n) is 14.8. The number of rotatable bonds is 25. The smallest absolute Gasteiger partial charge is 0.325 e. The number of aliphatic hydroxyl groups is 1. The third-order valence-corrected chi connectivity index (χ3v) is 10.4. The summed E-state index contributed by atoms with van der Waals surface area (Å²) < 4.78 is 18.4. The summed E-state index contributed by atoms with van der Waals surface area (Å²) in [5.74, 6) is -0.472. The molecule has 55 heavy (non-hydrogen) atoms. The molecule has 3 aromatic rings. The van der Waals surface area contributed by atoms with E-state index < -0.39 is 18.3 Å². The van der Waals surface area contributed by atoms with E-state index in [-0.39, 0.29) is 32.0 Å². The average molecular weight is 758 g/mol. The maximum atomic E-state index is 12.4. The molecule has 9 nitrogen and oxygen atoms in total. The van der Waals surface area contributed by atoms with Gasteiger partial charge >= 0.3 is 12.0 Å². The molecule has 2 amide bonds. The van der Waals surface area contributed by atoms with Crippen molar-refractivity contribution in [2.24, 2.45) is 0 Å². The molecule has 4 rings (SSSR count). The number of nitrogens with one attached hydrogen (secondary N) is 2. The Labute approximate surface area is 330 Å². The molecule has 1 saturated heterocycles. The van der Waals surface area contributed by atoms with Gasteiger partial charge in [-0.2, -0.15) is 0 Å². The fourth-order valence-electron chi connectivity index (χ4n) is 7.23. The number of amides is 2. The molecule has 1 aliphatic heterocycles. The predicted molar refractivity (Wildman–Crippen MR) is 220 cm³/mol. The van der Waals surface area contributed by atoms with E-state index in [0.717, 1.165) is 59.4 Å². The van der Waals surface area contributed by atoms with Crippen molar-refractivity contribution in [1.29, 1.82) is 0 Å². The maximum Gasteiger partial charge on any atom is 0.325 e. The van der Waals surface area contributed by atoms with Crippen LogP contribution < -0.4 is 10.6 Å². The molecule has 0 aliphatic carbocycles. The van der Waals surface area contributed by atoms with E-state index in [1.165, 1.54) is 77.0 Å². The highest BCUT2D eigenvalue weighted by Crippen LogP contribution is 2.39. The fourth-order valence-corrected chi connectivity index (χ4v) is 7.23. The zero-order chi connectivity index (χ0) is 39.1. The lowest BCUT2D eigenvalue weighted by molar-refractivity contribution is -0.253. The van der Waals surface area contributed by atoms with Crippen LogP contribution in [0.3, 0.4) is 0 Å². The number of carbonyl (C=O) groups excluding carboxylic acids is 2. The lowest BCUT2D eigenvalue weighted by Gasteiger charge is -2.38. The molecule has 9 heteroatoms. The number of aliphatic hydroxyl groups excluding tert-OH is 1. The first-order chi connectivity index (χ1) is 26.9. The summed E-state index contributed by atoms with van der Waals surface area (Å²) in [4.78, 5) is 26.7. The van der Waals surface area contributed by atoms with Crippen molar-refractivity contribution in [1.82, 2.24) is 15.5 Å². The van der Waals surface area contributed by atoms with Gasteiger partial charge in [-0.1, -0.05) is 151 Å². The van der Waals surface area contributed by atoms with Gasteiger partial charge < -0.3 is 34.9 Å². The predicted octanol–water partition coefficient (Wildman–Crippen LogP) is 9.78. The van der Waals surface area contributed by atoms with Gasteiger partial charge in [-0.3, -0.25) is 4.79 Å². The van der Waals surface area contributed by atoms with E-state index in [0.29, 0.717) is 6.54 Å². The Bertz CT molecular complexity index is 1500. The summed E-state index contributed by atoms with van der Waals surface area (Å²) in [6, 6.07) is 24.0. The van der Waals surface area contributed by atoms with Crippen LogP contribution in [0, 0.1) is 0 Å². The fraction of sp³-hybridized carbons (Fsp3) is 0.565. The number of hydrogen-bond acceptors (Lipinski definition) is 7. The largest absolute Gasteiger partial charge is 0.465 e. The van der Waals surface area contributed by atoms with Gasteiger partial charge in [0, 0.05) is 25.1 Å². The Morgan fingerprint density at radius 3 is 2.00 bits per heavy atom. The quantitative estimate of drug-likeness (QED) is 0.0583. The highest BCUT2D eigenvalue weighted by molar-refractivity contribution is 5.81. The average Bonchev–Trinajstić information content (AvgIpc) is 3.22. The van der Waals surface area contributed by atoms with Crippen molar-refractivity contribution in [2.75, 3.05) is 32.8 Å². The molecule has 1 aliphatic rings. The first-order valence-corrected chi connectivity index (χ1v) is 21.0. The Morgan fingerprint density at radius 2 is 1.36 bits per heavy atom. The van der Waals surface area contributed by atoms with Crippen LogP contribution in [0.4, 0.5) is 4.79 Å². The second-order valence-corrected chi connectivity index (χ2v) is 14.8. The number of hydrogen-bond donors (Lipinski definition) is 3. The van der Waals surface area contributed by atoms with Gasteiger partial charge in [-0.25, -0.2) is 4.79 Å². The Morgan fingerprint density at radius 1 is 0.745 bits per heavy atom. The molecule has 3 atom stereocenters. The Kier molecular flexibility index (Phi) is 20.3. The third-order valence-electron chi connectivity index (χ3n) is 10.4. The number of unbranched alkanes of at least 4 members (excludes halogenated alkanes) is 10. The summed E-state index contributed by atoms with van der Waals surface area (Å²) in [6.45, 7) is 9.74. The lowest BCUT2D eigenvalue weighted by Crippen LogP contribution is -2.40. The second kappa shape index (κ2) is 25.4.